The van der Waals surface area contributed by atoms with Gasteiger partial charge in [0, 0.05) is 5.02 Å². The molecule has 1 heterocycles. The maximum Gasteiger partial charge on any atom is 0.160 e. The van der Waals surface area contributed by atoms with Gasteiger partial charge in [0.2, 0.25) is 0 Å². The molecule has 0 saturated heterocycles. The van der Waals surface area contributed by atoms with E-state index in [1.165, 1.54) is 6.20 Å². The molecule has 17 heavy (non-hydrogen) atoms. The fourth-order valence-electron chi connectivity index (χ4n) is 1.23. The average molecular weight is 270 g/mol. The van der Waals surface area contributed by atoms with Crippen molar-refractivity contribution in [1.82, 2.24) is 9.97 Å². The highest BCUT2D eigenvalue weighted by molar-refractivity contribution is 6.35. The first-order valence-corrected chi connectivity index (χ1v) is 5.45. The lowest BCUT2D eigenvalue weighted by Crippen LogP contribution is -2.09. The number of hydrazine groups is 1. The number of nitrogens with zero attached hydrogens (tertiary/aromatic N) is 2. The molecule has 0 unspecified atom stereocenters. The molecule has 0 amide bonds. The number of hydrogen-bond acceptors (Lipinski definition) is 5. The molecule has 0 fully saturated rings. The molecule has 1 aromatic heterocycles. The second kappa shape index (κ2) is 5.18. The minimum absolute atomic E-state index is 0.452. The van der Waals surface area contributed by atoms with Crippen molar-refractivity contribution in [2.24, 2.45) is 5.84 Å². The van der Waals surface area contributed by atoms with Gasteiger partial charge in [0.1, 0.15) is 0 Å². The molecule has 5 nitrogen and oxygen atoms in total. The molecule has 0 spiro atoms. The summed E-state index contributed by atoms with van der Waals surface area (Å²) in [4.78, 5) is 8.11. The summed E-state index contributed by atoms with van der Waals surface area (Å²) in [6.45, 7) is 0. The Labute approximate surface area is 108 Å². The summed E-state index contributed by atoms with van der Waals surface area (Å²) in [7, 11) is 0. The molecule has 2 aromatic rings. The summed E-state index contributed by atoms with van der Waals surface area (Å²) in [6.07, 6.45) is 3.06. The standard InChI is InChI=1S/C10H9Cl2N5/c11-6-1-2-7(12)8(3-6)15-9-4-14-5-10(16-9)17-13/h1-5H,13H2,(H2,15,16,17). The molecule has 1 aromatic carbocycles. The highest BCUT2D eigenvalue weighted by atomic mass is 35.5. The summed E-state index contributed by atoms with van der Waals surface area (Å²) in [5, 5.41) is 4.13. The van der Waals surface area contributed by atoms with Crippen LogP contribution in [-0.2, 0) is 0 Å². The molecule has 0 radical (unpaired) electrons. The lowest BCUT2D eigenvalue weighted by atomic mass is 10.3. The Morgan fingerprint density at radius 3 is 2.65 bits per heavy atom. The summed E-state index contributed by atoms with van der Waals surface area (Å²) >= 11 is 11.9. The third-order valence-corrected chi connectivity index (χ3v) is 2.54. The normalized spacial score (nSPS) is 10.1. The van der Waals surface area contributed by atoms with E-state index in [9.17, 15) is 0 Å². The monoisotopic (exact) mass is 269 g/mol. The van der Waals surface area contributed by atoms with E-state index in [0.29, 0.717) is 27.4 Å². The highest BCUT2D eigenvalue weighted by Crippen LogP contribution is 2.27. The molecular formula is C10H9Cl2N5. The van der Waals surface area contributed by atoms with Crippen LogP contribution in [0.3, 0.4) is 0 Å². The van der Waals surface area contributed by atoms with E-state index in [1.807, 2.05) is 0 Å². The predicted octanol–water partition coefficient (Wildman–Crippen LogP) is 2.81. The second-order valence-corrected chi connectivity index (χ2v) is 4.03. The fraction of sp³-hybridized carbons (Fsp3) is 0. The van der Waals surface area contributed by atoms with Crippen LogP contribution in [0.1, 0.15) is 0 Å². The molecule has 7 heteroatoms. The van der Waals surface area contributed by atoms with Gasteiger partial charge < -0.3 is 10.7 Å². The van der Waals surface area contributed by atoms with Gasteiger partial charge in [-0.05, 0) is 18.2 Å². The number of rotatable bonds is 3. The molecule has 88 valence electrons. The Hall–Kier alpha value is -1.56. The summed E-state index contributed by atoms with van der Waals surface area (Å²) in [6, 6.07) is 5.11. The van der Waals surface area contributed by atoms with Crippen LogP contribution in [0.2, 0.25) is 10.0 Å². The van der Waals surface area contributed by atoms with E-state index in [1.54, 1.807) is 24.4 Å². The van der Waals surface area contributed by atoms with Gasteiger partial charge in [-0.2, -0.15) is 0 Å². The van der Waals surface area contributed by atoms with Gasteiger partial charge in [-0.3, -0.25) is 4.98 Å². The van der Waals surface area contributed by atoms with Crippen LogP contribution >= 0.6 is 23.2 Å². The number of hydrogen-bond donors (Lipinski definition) is 3. The maximum absolute atomic E-state index is 6.01. The summed E-state index contributed by atoms with van der Waals surface area (Å²) < 4.78 is 0. The zero-order valence-corrected chi connectivity index (χ0v) is 10.1. The van der Waals surface area contributed by atoms with Gasteiger partial charge in [-0.25, -0.2) is 10.8 Å². The minimum atomic E-state index is 0.452. The summed E-state index contributed by atoms with van der Waals surface area (Å²) in [5.41, 5.74) is 3.06. The Balaban J connectivity index is 2.27. The van der Waals surface area contributed by atoms with Crippen LogP contribution < -0.4 is 16.6 Å². The van der Waals surface area contributed by atoms with E-state index in [4.69, 9.17) is 29.0 Å². The lowest BCUT2D eigenvalue weighted by Gasteiger charge is -2.08. The topological polar surface area (TPSA) is 75.9 Å². The Morgan fingerprint density at radius 2 is 1.88 bits per heavy atom. The second-order valence-electron chi connectivity index (χ2n) is 3.18. The minimum Gasteiger partial charge on any atom is -0.338 e. The van der Waals surface area contributed by atoms with Gasteiger partial charge in [0.05, 0.1) is 23.1 Å². The van der Waals surface area contributed by atoms with Gasteiger partial charge in [-0.15, -0.1) is 0 Å². The Bertz CT molecular complexity index is 532. The number of nitrogen functional groups attached to an aromatic ring is 1. The number of nitrogens with one attached hydrogen (secondary N) is 2. The van der Waals surface area contributed by atoms with Crippen LogP contribution in [-0.4, -0.2) is 9.97 Å². The van der Waals surface area contributed by atoms with Crippen LogP contribution in [0.5, 0.6) is 0 Å². The highest BCUT2D eigenvalue weighted by Gasteiger charge is 2.03. The SMILES string of the molecule is NNc1cncc(Nc2cc(Cl)ccc2Cl)n1. The Morgan fingerprint density at radius 1 is 1.12 bits per heavy atom. The number of halogens is 2. The van der Waals surface area contributed by atoms with E-state index in [2.05, 4.69) is 20.7 Å². The predicted molar refractivity (Wildman–Crippen MR) is 69.6 cm³/mol. The number of benzene rings is 1. The van der Waals surface area contributed by atoms with E-state index >= 15 is 0 Å². The van der Waals surface area contributed by atoms with Crippen molar-refractivity contribution < 1.29 is 0 Å². The molecular weight excluding hydrogens is 261 g/mol. The third kappa shape index (κ3) is 2.97. The van der Waals surface area contributed by atoms with Gasteiger partial charge in [0.15, 0.2) is 11.6 Å². The van der Waals surface area contributed by atoms with E-state index < -0.39 is 0 Å². The number of nitrogens with two attached hydrogens (primary N) is 1. The summed E-state index contributed by atoms with van der Waals surface area (Å²) in [5.74, 6) is 6.21. The van der Waals surface area contributed by atoms with Crippen molar-refractivity contribution in [3.63, 3.8) is 0 Å². The number of aromatic nitrogens is 2. The molecule has 0 aliphatic heterocycles. The average Bonchev–Trinajstić information content (AvgIpc) is 2.34. The molecule has 0 bridgehead atoms. The third-order valence-electron chi connectivity index (χ3n) is 1.97. The van der Waals surface area contributed by atoms with Crippen molar-refractivity contribution in [3.05, 3.63) is 40.6 Å². The maximum atomic E-state index is 6.01. The van der Waals surface area contributed by atoms with Crippen molar-refractivity contribution in [3.8, 4) is 0 Å². The van der Waals surface area contributed by atoms with E-state index in [-0.39, 0.29) is 0 Å². The molecule has 0 saturated carbocycles. The fourth-order valence-corrected chi connectivity index (χ4v) is 1.56. The largest absolute Gasteiger partial charge is 0.338 e. The van der Waals surface area contributed by atoms with Crippen LogP contribution in [0, 0.1) is 0 Å². The lowest BCUT2D eigenvalue weighted by molar-refractivity contribution is 1.16. The van der Waals surface area contributed by atoms with Crippen LogP contribution in [0.15, 0.2) is 30.6 Å². The van der Waals surface area contributed by atoms with Crippen LogP contribution in [0.25, 0.3) is 0 Å². The van der Waals surface area contributed by atoms with Crippen molar-refractivity contribution in [2.45, 2.75) is 0 Å². The van der Waals surface area contributed by atoms with Gasteiger partial charge >= 0.3 is 0 Å². The molecule has 0 aliphatic carbocycles. The van der Waals surface area contributed by atoms with Crippen molar-refractivity contribution in [2.75, 3.05) is 10.7 Å². The first kappa shape index (κ1) is 11.9. The smallest absolute Gasteiger partial charge is 0.160 e. The van der Waals surface area contributed by atoms with E-state index in [0.717, 1.165) is 0 Å². The first-order valence-electron chi connectivity index (χ1n) is 4.70. The molecule has 4 N–H and O–H groups in total. The quantitative estimate of drug-likeness (QED) is 0.590. The molecule has 0 atom stereocenters. The van der Waals surface area contributed by atoms with Gasteiger partial charge in [0.25, 0.3) is 0 Å². The van der Waals surface area contributed by atoms with Crippen molar-refractivity contribution >= 4 is 40.5 Å². The Kier molecular flexibility index (Phi) is 3.63. The molecule has 0 aliphatic rings. The van der Waals surface area contributed by atoms with Gasteiger partial charge in [-0.1, -0.05) is 23.2 Å². The van der Waals surface area contributed by atoms with Crippen molar-refractivity contribution in [1.29, 1.82) is 0 Å². The zero-order chi connectivity index (χ0) is 12.3. The molecule has 2 rings (SSSR count). The first-order chi connectivity index (χ1) is 8.19. The zero-order valence-electron chi connectivity index (χ0n) is 8.61. The number of anilines is 3. The van der Waals surface area contributed by atoms with Crippen LogP contribution in [0.4, 0.5) is 17.3 Å².